The predicted molar refractivity (Wildman–Crippen MR) is 55.0 cm³/mol. The van der Waals surface area contributed by atoms with E-state index in [9.17, 15) is 4.79 Å². The van der Waals surface area contributed by atoms with E-state index in [4.69, 9.17) is 10.5 Å². The van der Waals surface area contributed by atoms with Gasteiger partial charge in [-0.25, -0.2) is 4.79 Å². The fourth-order valence-electron chi connectivity index (χ4n) is 1.68. The van der Waals surface area contributed by atoms with Gasteiger partial charge in [-0.1, -0.05) is 0 Å². The minimum absolute atomic E-state index is 0.0548. The highest BCUT2D eigenvalue weighted by atomic mass is 16.6. The van der Waals surface area contributed by atoms with Crippen molar-refractivity contribution >= 4 is 6.09 Å². The lowest BCUT2D eigenvalue weighted by molar-refractivity contribution is 0.109. The van der Waals surface area contributed by atoms with Gasteiger partial charge in [-0.05, 0) is 39.5 Å². The van der Waals surface area contributed by atoms with Crippen molar-refractivity contribution in [3.05, 3.63) is 0 Å². The van der Waals surface area contributed by atoms with Crippen LogP contribution in [0.1, 0.15) is 39.5 Å². The molecule has 0 unspecified atom stereocenters. The molecule has 4 nitrogen and oxygen atoms in total. The Morgan fingerprint density at radius 2 is 1.93 bits per heavy atom. The molecule has 1 fully saturated rings. The number of ether oxygens (including phenoxy) is 1. The summed E-state index contributed by atoms with van der Waals surface area (Å²) >= 11 is 0. The predicted octanol–water partition coefficient (Wildman–Crippen LogP) is 1.39. The molecule has 0 spiro atoms. The Hall–Kier alpha value is -0.770. The Morgan fingerprint density at radius 3 is 2.43 bits per heavy atom. The van der Waals surface area contributed by atoms with Gasteiger partial charge >= 0.3 is 6.09 Å². The number of amides is 1. The molecule has 1 aliphatic rings. The molecule has 0 aromatic rings. The van der Waals surface area contributed by atoms with E-state index in [0.29, 0.717) is 6.04 Å². The molecule has 0 aromatic heterocycles. The van der Waals surface area contributed by atoms with E-state index < -0.39 is 0 Å². The van der Waals surface area contributed by atoms with Crippen molar-refractivity contribution in [3.63, 3.8) is 0 Å². The average molecular weight is 200 g/mol. The fraction of sp³-hybridized carbons (Fsp3) is 0.900. The summed E-state index contributed by atoms with van der Waals surface area (Å²) < 4.78 is 5.00. The standard InChI is InChI=1S/C10H20N2O2/c1-7(2)14-10(13)12-9-5-3-8(11)4-6-9/h7-9H,3-6,11H2,1-2H3,(H,12,13)/t8-,9+. The molecule has 0 atom stereocenters. The number of carbonyl (C=O) groups is 1. The monoisotopic (exact) mass is 200 g/mol. The van der Waals surface area contributed by atoms with Crippen molar-refractivity contribution in [1.29, 1.82) is 0 Å². The van der Waals surface area contributed by atoms with Gasteiger partial charge in [0.2, 0.25) is 0 Å². The third-order valence-corrected chi connectivity index (χ3v) is 2.44. The van der Waals surface area contributed by atoms with Crippen molar-refractivity contribution in [1.82, 2.24) is 5.32 Å². The summed E-state index contributed by atoms with van der Waals surface area (Å²) in [5.41, 5.74) is 5.76. The molecule has 14 heavy (non-hydrogen) atoms. The van der Waals surface area contributed by atoms with Gasteiger partial charge in [-0.2, -0.15) is 0 Å². The van der Waals surface area contributed by atoms with E-state index >= 15 is 0 Å². The van der Waals surface area contributed by atoms with Crippen molar-refractivity contribution in [2.45, 2.75) is 57.7 Å². The van der Waals surface area contributed by atoms with Crippen LogP contribution in [0, 0.1) is 0 Å². The molecule has 1 saturated carbocycles. The molecule has 0 radical (unpaired) electrons. The normalized spacial score (nSPS) is 27.4. The SMILES string of the molecule is CC(C)OC(=O)N[C@H]1CC[C@@H](N)CC1. The van der Waals surface area contributed by atoms with Crippen molar-refractivity contribution in [3.8, 4) is 0 Å². The number of nitrogens with one attached hydrogen (secondary N) is 1. The summed E-state index contributed by atoms with van der Waals surface area (Å²) in [5, 5.41) is 2.85. The molecule has 0 bridgehead atoms. The maximum Gasteiger partial charge on any atom is 0.407 e. The van der Waals surface area contributed by atoms with Crippen LogP contribution in [0.5, 0.6) is 0 Å². The second kappa shape index (κ2) is 5.20. The van der Waals surface area contributed by atoms with Gasteiger partial charge in [-0.3, -0.25) is 0 Å². The molecule has 4 heteroatoms. The Balaban J connectivity index is 2.20. The van der Waals surface area contributed by atoms with Crippen LogP contribution >= 0.6 is 0 Å². The molecular weight excluding hydrogens is 180 g/mol. The van der Waals surface area contributed by atoms with Gasteiger partial charge in [0.25, 0.3) is 0 Å². The largest absolute Gasteiger partial charge is 0.447 e. The highest BCUT2D eigenvalue weighted by Crippen LogP contribution is 2.16. The smallest absolute Gasteiger partial charge is 0.407 e. The summed E-state index contributed by atoms with van der Waals surface area (Å²) in [6, 6.07) is 0.565. The topological polar surface area (TPSA) is 64.3 Å². The first-order chi connectivity index (χ1) is 6.58. The lowest BCUT2D eigenvalue weighted by Crippen LogP contribution is -2.41. The summed E-state index contributed by atoms with van der Waals surface area (Å²) in [6.45, 7) is 3.69. The third kappa shape index (κ3) is 3.96. The molecule has 1 rings (SSSR count). The minimum Gasteiger partial charge on any atom is -0.447 e. The molecule has 0 aliphatic heterocycles. The summed E-state index contributed by atoms with van der Waals surface area (Å²) in [5.74, 6) is 0. The van der Waals surface area contributed by atoms with E-state index in [0.717, 1.165) is 25.7 Å². The zero-order valence-electron chi connectivity index (χ0n) is 8.95. The summed E-state index contributed by atoms with van der Waals surface area (Å²) in [6.07, 6.45) is 3.56. The lowest BCUT2D eigenvalue weighted by atomic mass is 9.92. The van der Waals surface area contributed by atoms with Crippen molar-refractivity contribution in [2.75, 3.05) is 0 Å². The first-order valence-electron chi connectivity index (χ1n) is 5.30. The summed E-state index contributed by atoms with van der Waals surface area (Å²) in [7, 11) is 0. The maximum atomic E-state index is 11.2. The molecule has 1 amide bonds. The Kier molecular flexibility index (Phi) is 4.20. The van der Waals surface area contributed by atoms with Crippen molar-refractivity contribution in [2.24, 2.45) is 5.73 Å². The first kappa shape index (κ1) is 11.3. The van der Waals surface area contributed by atoms with Gasteiger partial charge in [0.15, 0.2) is 0 Å². The van der Waals surface area contributed by atoms with Gasteiger partial charge in [0.05, 0.1) is 6.10 Å². The van der Waals surface area contributed by atoms with Crippen LogP contribution in [-0.2, 0) is 4.74 Å². The van der Waals surface area contributed by atoms with Crippen LogP contribution in [0.15, 0.2) is 0 Å². The van der Waals surface area contributed by atoms with Gasteiger partial charge in [-0.15, -0.1) is 0 Å². The van der Waals surface area contributed by atoms with E-state index in [2.05, 4.69) is 5.32 Å². The second-order valence-corrected chi connectivity index (χ2v) is 4.21. The fourth-order valence-corrected chi connectivity index (χ4v) is 1.68. The van der Waals surface area contributed by atoms with Gasteiger partial charge < -0.3 is 15.8 Å². The van der Waals surface area contributed by atoms with Crippen LogP contribution < -0.4 is 11.1 Å². The highest BCUT2D eigenvalue weighted by Gasteiger charge is 2.20. The molecule has 82 valence electrons. The number of alkyl carbamates (subject to hydrolysis) is 1. The van der Waals surface area contributed by atoms with E-state index in [1.54, 1.807) is 0 Å². The number of nitrogens with two attached hydrogens (primary N) is 1. The maximum absolute atomic E-state index is 11.2. The average Bonchev–Trinajstić information content (AvgIpc) is 2.07. The van der Waals surface area contributed by atoms with E-state index in [1.165, 1.54) is 0 Å². The summed E-state index contributed by atoms with van der Waals surface area (Å²) in [4.78, 5) is 11.2. The molecule has 3 N–H and O–H groups in total. The van der Waals surface area contributed by atoms with Crippen LogP contribution in [0.4, 0.5) is 4.79 Å². The number of carbonyl (C=O) groups excluding carboxylic acids is 1. The number of hydrogen-bond acceptors (Lipinski definition) is 3. The molecule has 0 saturated heterocycles. The van der Waals surface area contributed by atoms with Crippen LogP contribution in [0.2, 0.25) is 0 Å². The minimum atomic E-state index is -0.305. The van der Waals surface area contributed by atoms with Gasteiger partial charge in [0, 0.05) is 12.1 Å². The second-order valence-electron chi connectivity index (χ2n) is 4.21. The number of rotatable bonds is 2. The number of hydrogen-bond donors (Lipinski definition) is 2. The zero-order valence-corrected chi connectivity index (χ0v) is 8.95. The molecule has 1 aliphatic carbocycles. The molecule has 0 heterocycles. The Morgan fingerprint density at radius 1 is 1.36 bits per heavy atom. The highest BCUT2D eigenvalue weighted by molar-refractivity contribution is 5.67. The van der Waals surface area contributed by atoms with Crippen LogP contribution in [0.25, 0.3) is 0 Å². The Labute approximate surface area is 85.2 Å². The quantitative estimate of drug-likeness (QED) is 0.708. The van der Waals surface area contributed by atoms with Gasteiger partial charge in [0.1, 0.15) is 0 Å². The molecular formula is C10H20N2O2. The van der Waals surface area contributed by atoms with Crippen LogP contribution in [0.3, 0.4) is 0 Å². The molecule has 0 aromatic carbocycles. The van der Waals surface area contributed by atoms with E-state index in [1.807, 2.05) is 13.8 Å². The zero-order chi connectivity index (χ0) is 10.6. The van der Waals surface area contributed by atoms with E-state index in [-0.39, 0.29) is 18.2 Å². The lowest BCUT2D eigenvalue weighted by Gasteiger charge is -2.26. The van der Waals surface area contributed by atoms with Crippen LogP contribution in [-0.4, -0.2) is 24.3 Å². The third-order valence-electron chi connectivity index (χ3n) is 2.44. The first-order valence-corrected chi connectivity index (χ1v) is 5.30. The van der Waals surface area contributed by atoms with Crippen molar-refractivity contribution < 1.29 is 9.53 Å². The Bertz CT molecular complexity index is 187.